The van der Waals surface area contributed by atoms with Crippen LogP contribution in [0.15, 0.2) is 95.7 Å². The number of hydrogen-bond acceptors (Lipinski definition) is 12. The normalized spacial score (nSPS) is 19.8. The van der Waals surface area contributed by atoms with E-state index < -0.39 is 31.4 Å². The lowest BCUT2D eigenvalue weighted by Gasteiger charge is -2.39. The summed E-state index contributed by atoms with van der Waals surface area (Å²) in [4.78, 5) is 40.5. The van der Waals surface area contributed by atoms with E-state index in [1.54, 1.807) is 23.1 Å². The number of aromatic nitrogens is 4. The van der Waals surface area contributed by atoms with Gasteiger partial charge in [-0.2, -0.15) is 5.10 Å². The van der Waals surface area contributed by atoms with Gasteiger partial charge in [0.2, 0.25) is 0 Å². The minimum absolute atomic E-state index is 0.0286. The number of carbonyl (C=O) groups excluding carboxylic acids is 1. The predicted molar refractivity (Wildman–Crippen MR) is 262 cm³/mol. The third-order valence-corrected chi connectivity index (χ3v) is 15.8. The van der Waals surface area contributed by atoms with Crippen molar-refractivity contribution in [3.05, 3.63) is 117 Å². The van der Waals surface area contributed by atoms with E-state index in [2.05, 4.69) is 55.5 Å². The number of pyridine rings is 1. The number of hydrogen-bond donors (Lipinski definition) is 2. The molecule has 0 saturated carbocycles. The summed E-state index contributed by atoms with van der Waals surface area (Å²) in [6, 6.07) is 21.2. The SMILES string of the molecule is CC1(C)CCC(CN2CCN(c3ccc(C(=O)NS(=O)(=O)c4ccc(OCC5CCN(C6CCOC6)CC5)c([N+](=O)[O-])c4)c(-n4ncc5nc6[nH]ccc6cc54)c3)CC2)=C(c2ccc(Cl)cc2)C1. The highest BCUT2D eigenvalue weighted by atomic mass is 35.5. The van der Waals surface area contributed by atoms with Gasteiger partial charge in [-0.1, -0.05) is 43.2 Å². The number of H-pyrrole nitrogens is 1. The van der Waals surface area contributed by atoms with E-state index in [0.717, 1.165) is 120 Å². The van der Waals surface area contributed by atoms with Gasteiger partial charge in [0, 0.05) is 73.7 Å². The number of allylic oxidation sites excluding steroid dienone is 1. The molecule has 16 nitrogen and oxygen atoms in total. The highest BCUT2D eigenvalue weighted by Crippen LogP contribution is 2.43. The van der Waals surface area contributed by atoms with Crippen LogP contribution in [0.25, 0.3) is 33.3 Å². The molecule has 1 amide bonds. The van der Waals surface area contributed by atoms with Gasteiger partial charge in [0.1, 0.15) is 11.2 Å². The number of sulfonamides is 1. The van der Waals surface area contributed by atoms with Crippen LogP contribution in [0.5, 0.6) is 5.75 Å². The quantitative estimate of drug-likeness (QED) is 0.0837. The highest BCUT2D eigenvalue weighted by molar-refractivity contribution is 7.90. The van der Waals surface area contributed by atoms with Crippen molar-refractivity contribution in [2.75, 3.05) is 70.5 Å². The highest BCUT2D eigenvalue weighted by Gasteiger charge is 2.32. The maximum atomic E-state index is 14.3. The zero-order valence-corrected chi connectivity index (χ0v) is 39.9. The average Bonchev–Trinajstić information content (AvgIpc) is 4.13. The molecular weight excluding hydrogens is 906 g/mol. The molecular formula is C50H56ClN9O7S. The molecule has 10 rings (SSSR count). The molecule has 3 saturated heterocycles. The number of nitrogens with zero attached hydrogens (tertiary/aromatic N) is 7. The third-order valence-electron chi connectivity index (χ3n) is 14.3. The van der Waals surface area contributed by atoms with Crippen LogP contribution in [0, 0.1) is 21.4 Å². The molecule has 4 aliphatic rings. The Morgan fingerprint density at radius 2 is 1.79 bits per heavy atom. The molecule has 356 valence electrons. The Hall–Kier alpha value is -5.85. The van der Waals surface area contributed by atoms with E-state index in [-0.39, 0.29) is 29.3 Å². The molecule has 1 unspecified atom stereocenters. The second kappa shape index (κ2) is 18.9. The van der Waals surface area contributed by atoms with Crippen molar-refractivity contribution in [2.45, 2.75) is 63.3 Å². The largest absolute Gasteiger partial charge is 0.487 e. The summed E-state index contributed by atoms with van der Waals surface area (Å²) >= 11 is 6.27. The number of anilines is 1. The number of likely N-dealkylation sites (tertiary alicyclic amines) is 1. The molecule has 1 atom stereocenters. The summed E-state index contributed by atoms with van der Waals surface area (Å²) < 4.78 is 43.2. The smallest absolute Gasteiger partial charge is 0.312 e. The van der Waals surface area contributed by atoms with E-state index in [0.29, 0.717) is 28.4 Å². The molecule has 3 aliphatic heterocycles. The van der Waals surface area contributed by atoms with E-state index in [4.69, 9.17) is 26.1 Å². The minimum atomic E-state index is -4.61. The molecule has 3 fully saturated rings. The lowest BCUT2D eigenvalue weighted by molar-refractivity contribution is -0.386. The minimum Gasteiger partial charge on any atom is -0.487 e. The van der Waals surface area contributed by atoms with Gasteiger partial charge in [-0.05, 0) is 129 Å². The first-order valence-electron chi connectivity index (χ1n) is 23.5. The molecule has 68 heavy (non-hydrogen) atoms. The summed E-state index contributed by atoms with van der Waals surface area (Å²) in [5, 5.41) is 18.5. The van der Waals surface area contributed by atoms with Crippen LogP contribution in [-0.2, 0) is 14.8 Å². The van der Waals surface area contributed by atoms with Crippen LogP contribution in [0.4, 0.5) is 11.4 Å². The van der Waals surface area contributed by atoms with Crippen molar-refractivity contribution in [2.24, 2.45) is 11.3 Å². The number of amides is 1. The summed E-state index contributed by atoms with van der Waals surface area (Å²) in [6.45, 7) is 12.3. The monoisotopic (exact) mass is 961 g/mol. The molecule has 2 N–H and O–H groups in total. The fraction of sp³-hybridized carbons (Fsp3) is 0.420. The average molecular weight is 963 g/mol. The van der Waals surface area contributed by atoms with Crippen LogP contribution < -0.4 is 14.4 Å². The molecule has 3 aromatic carbocycles. The maximum absolute atomic E-state index is 14.3. The van der Waals surface area contributed by atoms with Gasteiger partial charge in [-0.3, -0.25) is 24.7 Å². The van der Waals surface area contributed by atoms with Crippen molar-refractivity contribution in [3.63, 3.8) is 0 Å². The topological polar surface area (TPSA) is 181 Å². The predicted octanol–water partition coefficient (Wildman–Crippen LogP) is 8.25. The number of halogens is 1. The summed E-state index contributed by atoms with van der Waals surface area (Å²) in [6.07, 6.45) is 9.39. The van der Waals surface area contributed by atoms with E-state index in [9.17, 15) is 23.3 Å². The number of benzene rings is 3. The van der Waals surface area contributed by atoms with E-state index >= 15 is 0 Å². The first-order valence-corrected chi connectivity index (χ1v) is 25.3. The van der Waals surface area contributed by atoms with Crippen molar-refractivity contribution in [1.29, 1.82) is 0 Å². The Kier molecular flexibility index (Phi) is 12.8. The standard InChI is InChI=1S/C50H56ClN9O7S/c1-50(2)16-11-36(42(28-50)34-3-5-37(51)6-4-34)30-56-20-22-58(23-21-56)38-7-9-41(44(26-38)59-45-25-35-12-17-52-48(35)54-43(45)29-53-59)49(61)55-68(64,65)40-8-10-47(46(27-40)60(62)63)67-31-33-13-18-57(19-14-33)39-15-24-66-32-39/h3-10,12,17,25-27,29,33,39H,11,13-16,18-24,28,30-32H2,1-2H3,(H,52,54)(H,55,61). The second-order valence-corrected chi connectivity index (χ2v) is 21.5. The summed E-state index contributed by atoms with van der Waals surface area (Å²) in [5.74, 6) is -0.751. The van der Waals surface area contributed by atoms with Gasteiger partial charge < -0.3 is 19.4 Å². The van der Waals surface area contributed by atoms with Crippen LogP contribution in [-0.4, -0.2) is 120 Å². The van der Waals surface area contributed by atoms with Crippen LogP contribution in [0.3, 0.4) is 0 Å². The van der Waals surface area contributed by atoms with Crippen LogP contribution in [0.2, 0.25) is 5.02 Å². The van der Waals surface area contributed by atoms with Crippen molar-refractivity contribution >= 4 is 66.5 Å². The lowest BCUT2D eigenvalue weighted by Crippen LogP contribution is -2.47. The van der Waals surface area contributed by atoms with Gasteiger partial charge in [-0.15, -0.1) is 0 Å². The number of carbonyl (C=O) groups is 1. The third kappa shape index (κ3) is 9.72. The lowest BCUT2D eigenvalue weighted by atomic mass is 9.72. The second-order valence-electron chi connectivity index (χ2n) is 19.4. The Morgan fingerprint density at radius 1 is 1.00 bits per heavy atom. The molecule has 6 heterocycles. The van der Waals surface area contributed by atoms with Gasteiger partial charge >= 0.3 is 5.69 Å². The Balaban J connectivity index is 0.875. The Labute approximate surface area is 400 Å². The number of aromatic amines is 1. The first kappa shape index (κ1) is 45.9. The van der Waals surface area contributed by atoms with Crippen LogP contribution in [0.1, 0.15) is 68.3 Å². The number of fused-ring (bicyclic) bond motifs is 2. The molecule has 1 aliphatic carbocycles. The van der Waals surface area contributed by atoms with Crippen molar-refractivity contribution < 1.29 is 27.6 Å². The molecule has 18 heteroatoms. The number of nitro benzene ring substituents is 1. The Morgan fingerprint density at radius 3 is 2.54 bits per heavy atom. The fourth-order valence-corrected chi connectivity index (χ4v) is 11.4. The zero-order valence-electron chi connectivity index (χ0n) is 38.3. The molecule has 3 aromatic heterocycles. The molecule has 0 bridgehead atoms. The van der Waals surface area contributed by atoms with E-state index in [1.165, 1.54) is 28.8 Å². The van der Waals surface area contributed by atoms with Gasteiger partial charge in [0.25, 0.3) is 15.9 Å². The van der Waals surface area contributed by atoms with Crippen LogP contribution >= 0.6 is 11.6 Å². The number of ether oxygens (including phenoxy) is 2. The summed E-state index contributed by atoms with van der Waals surface area (Å²) in [5.41, 5.74) is 6.95. The summed E-state index contributed by atoms with van der Waals surface area (Å²) in [7, 11) is -4.61. The number of rotatable bonds is 13. The molecule has 0 radical (unpaired) electrons. The van der Waals surface area contributed by atoms with Gasteiger partial charge in [-0.25, -0.2) is 22.8 Å². The number of nitrogens with one attached hydrogen (secondary N) is 2. The Bertz CT molecular complexity index is 3000. The van der Waals surface area contributed by atoms with Crippen molar-refractivity contribution in [3.8, 4) is 11.4 Å². The van der Waals surface area contributed by atoms with Gasteiger partial charge in [0.15, 0.2) is 5.75 Å². The number of nitro groups is 1. The molecule has 6 aromatic rings. The van der Waals surface area contributed by atoms with E-state index in [1.807, 2.05) is 36.4 Å². The fourth-order valence-electron chi connectivity index (χ4n) is 10.3. The van der Waals surface area contributed by atoms with Gasteiger partial charge in [0.05, 0.1) is 46.0 Å². The number of piperidine rings is 1. The number of piperazine rings is 1. The zero-order chi connectivity index (χ0) is 47.2. The van der Waals surface area contributed by atoms with Crippen molar-refractivity contribution in [1.82, 2.24) is 34.3 Å². The maximum Gasteiger partial charge on any atom is 0.312 e. The molecule has 0 spiro atoms. The first-order chi connectivity index (χ1) is 32.8.